The van der Waals surface area contributed by atoms with Gasteiger partial charge >= 0.3 is 5.97 Å². The number of hydrogen-bond donors (Lipinski definition) is 2. The van der Waals surface area contributed by atoms with Gasteiger partial charge in [-0.3, -0.25) is 9.59 Å². The van der Waals surface area contributed by atoms with Crippen LogP contribution in [-0.2, 0) is 14.3 Å². The van der Waals surface area contributed by atoms with Crippen molar-refractivity contribution in [2.75, 3.05) is 0 Å². The summed E-state index contributed by atoms with van der Waals surface area (Å²) in [5.41, 5.74) is -0.306. The first-order valence-electron chi connectivity index (χ1n) is 11.2. The summed E-state index contributed by atoms with van der Waals surface area (Å²) < 4.78 is 5.79. The molecule has 156 valence electrons. The van der Waals surface area contributed by atoms with Crippen LogP contribution in [-0.4, -0.2) is 40.3 Å². The van der Waals surface area contributed by atoms with E-state index in [9.17, 15) is 19.8 Å². The Morgan fingerprint density at radius 1 is 1.04 bits per heavy atom. The first-order chi connectivity index (χ1) is 13.1. The lowest BCUT2D eigenvalue weighted by atomic mass is 9.43. The highest BCUT2D eigenvalue weighted by atomic mass is 16.5. The van der Waals surface area contributed by atoms with E-state index >= 15 is 0 Å². The molecule has 0 aromatic rings. The number of esters is 1. The van der Waals surface area contributed by atoms with E-state index in [2.05, 4.69) is 20.8 Å². The maximum Gasteiger partial charge on any atom is 0.306 e. The molecule has 4 aliphatic carbocycles. The van der Waals surface area contributed by atoms with Crippen LogP contribution in [0.4, 0.5) is 0 Å². The van der Waals surface area contributed by atoms with Gasteiger partial charge in [-0.1, -0.05) is 20.8 Å². The van der Waals surface area contributed by atoms with Gasteiger partial charge in [-0.15, -0.1) is 0 Å². The second kappa shape index (κ2) is 6.04. The molecule has 5 nitrogen and oxygen atoms in total. The molecular weight excluding hydrogens is 356 g/mol. The number of fused-ring (bicyclic) bond motifs is 7. The minimum absolute atomic E-state index is 0.0639. The number of Topliss-reactive ketones (excluding diaryl/α,β-unsaturated/α-hetero) is 1. The lowest BCUT2D eigenvalue weighted by Crippen LogP contribution is -2.61. The summed E-state index contributed by atoms with van der Waals surface area (Å²) in [6.45, 7) is 6.62. The largest absolute Gasteiger partial charge is 0.462 e. The number of carbonyl (C=O) groups is 2. The third kappa shape index (κ3) is 2.38. The number of hydrogen-bond acceptors (Lipinski definition) is 5. The Hall–Kier alpha value is -0.940. The summed E-state index contributed by atoms with van der Waals surface area (Å²) in [5, 5.41) is 21.6. The van der Waals surface area contributed by atoms with Crippen LogP contribution in [0.5, 0.6) is 0 Å². The Labute approximate surface area is 167 Å². The van der Waals surface area contributed by atoms with Gasteiger partial charge in [-0.2, -0.15) is 0 Å². The molecule has 0 aromatic heterocycles. The van der Waals surface area contributed by atoms with Crippen LogP contribution in [0.2, 0.25) is 0 Å². The summed E-state index contributed by atoms with van der Waals surface area (Å²) in [6.07, 6.45) is 3.75. The maximum atomic E-state index is 13.2. The van der Waals surface area contributed by atoms with E-state index in [4.69, 9.17) is 4.74 Å². The summed E-state index contributed by atoms with van der Waals surface area (Å²) in [4.78, 5) is 25.2. The lowest BCUT2D eigenvalue weighted by molar-refractivity contribution is -0.187. The first kappa shape index (κ1) is 19.0. The number of ketones is 1. The average molecular weight is 391 g/mol. The average Bonchev–Trinajstić information content (AvgIpc) is 2.88. The molecule has 5 fully saturated rings. The molecule has 1 saturated heterocycles. The van der Waals surface area contributed by atoms with Gasteiger partial charge in [0.15, 0.2) is 0 Å². The SMILES string of the molecule is C[C@@H]1CC(=O)O[C@H]2C[C@H]3[C@H]4CC(=O)[C@H]5C[C@@H](O)CC[C@]5(C)[C@H]4[C@H](O)C[C@]3(C)[C@H]12. The topological polar surface area (TPSA) is 83.8 Å². The second-order valence-corrected chi connectivity index (χ2v) is 11.2. The number of rotatable bonds is 0. The Morgan fingerprint density at radius 3 is 2.54 bits per heavy atom. The van der Waals surface area contributed by atoms with Crippen molar-refractivity contribution < 1.29 is 24.5 Å². The molecule has 0 aromatic carbocycles. The summed E-state index contributed by atoms with van der Waals surface area (Å²) in [6, 6.07) is 0. The fraction of sp³-hybridized carbons (Fsp3) is 0.913. The van der Waals surface area contributed by atoms with Crippen LogP contribution >= 0.6 is 0 Å². The predicted molar refractivity (Wildman–Crippen MR) is 102 cm³/mol. The Morgan fingerprint density at radius 2 is 1.79 bits per heavy atom. The summed E-state index contributed by atoms with van der Waals surface area (Å²) in [7, 11) is 0. The molecule has 0 radical (unpaired) electrons. The highest BCUT2D eigenvalue weighted by Gasteiger charge is 2.68. The molecule has 4 saturated carbocycles. The third-order valence-corrected chi connectivity index (χ3v) is 9.83. The molecule has 1 heterocycles. The van der Waals surface area contributed by atoms with Gasteiger partial charge in [0.1, 0.15) is 11.9 Å². The van der Waals surface area contributed by atoms with Gasteiger partial charge < -0.3 is 14.9 Å². The van der Waals surface area contributed by atoms with E-state index in [1.165, 1.54) is 0 Å². The van der Waals surface area contributed by atoms with Gasteiger partial charge in [0.05, 0.1) is 12.2 Å². The van der Waals surface area contributed by atoms with Gasteiger partial charge in [-0.25, -0.2) is 0 Å². The van der Waals surface area contributed by atoms with Crippen molar-refractivity contribution in [3.63, 3.8) is 0 Å². The summed E-state index contributed by atoms with van der Waals surface area (Å²) in [5.74, 6) is 1.17. The van der Waals surface area contributed by atoms with E-state index < -0.39 is 6.10 Å². The van der Waals surface area contributed by atoms with Crippen molar-refractivity contribution >= 4 is 11.8 Å². The normalized spacial score (nSPS) is 58.2. The van der Waals surface area contributed by atoms with Gasteiger partial charge in [0, 0.05) is 24.7 Å². The standard InChI is InChI=1S/C23H34O5/c1-11-6-19(27)28-18-9-14-13-8-16(25)15-7-12(24)4-5-22(15,2)21(13)17(26)10-23(14,3)20(11)18/h11-15,17-18,20-21,24,26H,4-10H2,1-3H3/t11-,12+,13-,14+,15-,17-,18+,20-,21-,22+,23+/m1/s1. The van der Waals surface area contributed by atoms with Crippen LogP contribution in [0.25, 0.3) is 0 Å². The zero-order valence-corrected chi connectivity index (χ0v) is 17.3. The minimum atomic E-state index is -0.425. The zero-order chi connectivity index (χ0) is 20.0. The fourth-order valence-electron chi connectivity index (χ4n) is 8.93. The molecular formula is C23H34O5. The number of carbonyl (C=O) groups excluding carboxylic acids is 2. The molecule has 5 rings (SSSR count). The first-order valence-corrected chi connectivity index (χ1v) is 11.2. The smallest absolute Gasteiger partial charge is 0.306 e. The molecule has 2 N–H and O–H groups in total. The molecule has 0 amide bonds. The monoisotopic (exact) mass is 390 g/mol. The highest BCUT2D eigenvalue weighted by Crippen LogP contribution is 2.68. The Balaban J connectivity index is 1.53. The molecule has 5 heteroatoms. The van der Waals surface area contributed by atoms with Crippen molar-refractivity contribution in [3.8, 4) is 0 Å². The van der Waals surface area contributed by atoms with Gasteiger partial charge in [0.2, 0.25) is 0 Å². The maximum absolute atomic E-state index is 13.2. The number of aliphatic hydroxyl groups is 2. The molecule has 5 aliphatic rings. The molecule has 1 aliphatic heterocycles. The van der Waals surface area contributed by atoms with Crippen molar-refractivity contribution in [2.24, 2.45) is 46.3 Å². The second-order valence-electron chi connectivity index (χ2n) is 11.2. The Bertz CT molecular complexity index is 705. The van der Waals surface area contributed by atoms with Crippen molar-refractivity contribution in [3.05, 3.63) is 0 Å². The Kier molecular flexibility index (Phi) is 4.11. The molecule has 11 atom stereocenters. The molecule has 28 heavy (non-hydrogen) atoms. The molecule has 0 unspecified atom stereocenters. The van der Waals surface area contributed by atoms with Gasteiger partial charge in [-0.05, 0) is 66.6 Å². The van der Waals surface area contributed by atoms with Crippen LogP contribution < -0.4 is 0 Å². The summed E-state index contributed by atoms with van der Waals surface area (Å²) >= 11 is 0. The van der Waals surface area contributed by atoms with Crippen LogP contribution in [0, 0.1) is 46.3 Å². The van der Waals surface area contributed by atoms with E-state index in [0.717, 1.165) is 25.7 Å². The van der Waals surface area contributed by atoms with E-state index in [-0.39, 0.29) is 64.4 Å². The molecule has 0 bridgehead atoms. The van der Waals surface area contributed by atoms with Gasteiger partial charge in [0.25, 0.3) is 0 Å². The van der Waals surface area contributed by atoms with Crippen molar-refractivity contribution in [2.45, 2.75) is 84.0 Å². The zero-order valence-electron chi connectivity index (χ0n) is 17.3. The minimum Gasteiger partial charge on any atom is -0.462 e. The fourth-order valence-corrected chi connectivity index (χ4v) is 8.93. The van der Waals surface area contributed by atoms with Crippen LogP contribution in [0.3, 0.4) is 0 Å². The highest BCUT2D eigenvalue weighted by molar-refractivity contribution is 5.83. The quantitative estimate of drug-likeness (QED) is 0.622. The van der Waals surface area contributed by atoms with E-state index in [1.807, 2.05) is 0 Å². The van der Waals surface area contributed by atoms with Crippen LogP contribution in [0.1, 0.15) is 65.7 Å². The number of ether oxygens (including phenoxy) is 1. The van der Waals surface area contributed by atoms with Crippen molar-refractivity contribution in [1.29, 1.82) is 0 Å². The number of aliphatic hydroxyl groups excluding tert-OH is 2. The van der Waals surface area contributed by atoms with Crippen molar-refractivity contribution in [1.82, 2.24) is 0 Å². The molecule has 0 spiro atoms. The van der Waals surface area contributed by atoms with Crippen LogP contribution in [0.15, 0.2) is 0 Å². The predicted octanol–water partition coefficient (Wildman–Crippen LogP) is 2.72. The van der Waals surface area contributed by atoms with E-state index in [0.29, 0.717) is 25.2 Å². The van der Waals surface area contributed by atoms with E-state index in [1.54, 1.807) is 0 Å². The third-order valence-electron chi connectivity index (χ3n) is 9.83. The lowest BCUT2D eigenvalue weighted by Gasteiger charge is -2.61.